The van der Waals surface area contributed by atoms with Crippen LogP contribution in [0.25, 0.3) is 5.69 Å². The fourth-order valence-corrected chi connectivity index (χ4v) is 4.00. The lowest BCUT2D eigenvalue weighted by Gasteiger charge is -2.34. The summed E-state index contributed by atoms with van der Waals surface area (Å²) in [6.07, 6.45) is 0.235. The van der Waals surface area contributed by atoms with Crippen LogP contribution in [0.2, 0.25) is 5.02 Å². The van der Waals surface area contributed by atoms with Crippen LogP contribution in [-0.2, 0) is 9.59 Å². The SMILES string of the molecule is CC(=O)N1CCN(C(=O)CCNC(=O)c2cc(C)n(-c3cccc(Cl)c3)c2C)CC1. The second kappa shape index (κ2) is 9.34. The number of piperazine rings is 1. The van der Waals surface area contributed by atoms with Crippen LogP contribution in [0.1, 0.15) is 35.1 Å². The summed E-state index contributed by atoms with van der Waals surface area (Å²) in [5, 5.41) is 3.48. The minimum Gasteiger partial charge on any atom is -0.351 e. The second-order valence-corrected chi connectivity index (χ2v) is 7.93. The van der Waals surface area contributed by atoms with Crippen LogP contribution in [0.15, 0.2) is 30.3 Å². The van der Waals surface area contributed by atoms with E-state index in [4.69, 9.17) is 11.6 Å². The summed E-state index contributed by atoms with van der Waals surface area (Å²) >= 11 is 6.11. The van der Waals surface area contributed by atoms with E-state index in [0.717, 1.165) is 17.1 Å². The number of carbonyl (C=O) groups is 3. The molecule has 0 bridgehead atoms. The Labute approximate surface area is 181 Å². The third-order valence-electron chi connectivity index (χ3n) is 5.44. The van der Waals surface area contributed by atoms with Crippen molar-refractivity contribution >= 4 is 29.3 Å². The Bertz CT molecular complexity index is 961. The highest BCUT2D eigenvalue weighted by Crippen LogP contribution is 2.23. The number of aromatic nitrogens is 1. The normalized spacial score (nSPS) is 14.0. The number of nitrogens with zero attached hydrogens (tertiary/aromatic N) is 3. The van der Waals surface area contributed by atoms with Gasteiger partial charge in [0, 0.05) is 68.2 Å². The fraction of sp³-hybridized carbons (Fsp3) is 0.409. The van der Waals surface area contributed by atoms with Crippen molar-refractivity contribution in [1.82, 2.24) is 19.7 Å². The number of amides is 3. The summed E-state index contributed by atoms with van der Waals surface area (Å²) < 4.78 is 1.99. The first-order valence-corrected chi connectivity index (χ1v) is 10.4. The highest BCUT2D eigenvalue weighted by molar-refractivity contribution is 6.30. The first-order chi connectivity index (χ1) is 14.3. The van der Waals surface area contributed by atoms with E-state index in [0.29, 0.717) is 36.8 Å². The number of aryl methyl sites for hydroxylation is 1. The topological polar surface area (TPSA) is 74.7 Å². The van der Waals surface area contributed by atoms with E-state index < -0.39 is 0 Å². The standard InChI is InChI=1S/C22H27ClN4O3/c1-15-13-20(16(2)27(15)19-6-4-5-18(23)14-19)22(30)24-8-7-21(29)26-11-9-25(10-12-26)17(3)28/h4-6,13-14H,7-12H2,1-3H3,(H,24,30). The molecule has 160 valence electrons. The zero-order valence-corrected chi connectivity index (χ0v) is 18.3. The average Bonchev–Trinajstić information content (AvgIpc) is 3.02. The minimum absolute atomic E-state index is 0.0112. The van der Waals surface area contributed by atoms with Gasteiger partial charge < -0.3 is 19.7 Å². The Balaban J connectivity index is 1.56. The van der Waals surface area contributed by atoms with Gasteiger partial charge in [0.1, 0.15) is 0 Å². The van der Waals surface area contributed by atoms with Crippen molar-refractivity contribution in [1.29, 1.82) is 0 Å². The van der Waals surface area contributed by atoms with Crippen LogP contribution >= 0.6 is 11.6 Å². The van der Waals surface area contributed by atoms with Gasteiger partial charge in [-0.25, -0.2) is 0 Å². The van der Waals surface area contributed by atoms with Crippen LogP contribution in [0.3, 0.4) is 0 Å². The molecule has 2 heterocycles. The summed E-state index contributed by atoms with van der Waals surface area (Å²) in [5.74, 6) is -0.182. The molecule has 30 heavy (non-hydrogen) atoms. The third kappa shape index (κ3) is 4.84. The van der Waals surface area contributed by atoms with Gasteiger partial charge in [-0.05, 0) is 38.1 Å². The maximum Gasteiger partial charge on any atom is 0.253 e. The number of hydrogen-bond acceptors (Lipinski definition) is 3. The van der Waals surface area contributed by atoms with E-state index in [-0.39, 0.29) is 30.7 Å². The molecule has 0 unspecified atom stereocenters. The summed E-state index contributed by atoms with van der Waals surface area (Å²) in [6, 6.07) is 9.32. The van der Waals surface area contributed by atoms with E-state index >= 15 is 0 Å². The molecular weight excluding hydrogens is 404 g/mol. The van der Waals surface area contributed by atoms with Gasteiger partial charge in [-0.3, -0.25) is 14.4 Å². The molecule has 1 saturated heterocycles. The summed E-state index contributed by atoms with van der Waals surface area (Å²) in [4.78, 5) is 39.9. The zero-order chi connectivity index (χ0) is 21.8. The van der Waals surface area contributed by atoms with Crippen molar-refractivity contribution in [2.75, 3.05) is 32.7 Å². The smallest absolute Gasteiger partial charge is 0.253 e. The van der Waals surface area contributed by atoms with Crippen molar-refractivity contribution in [3.8, 4) is 5.69 Å². The first kappa shape index (κ1) is 21.9. The van der Waals surface area contributed by atoms with Crippen molar-refractivity contribution in [3.05, 3.63) is 52.3 Å². The number of rotatable bonds is 5. The molecule has 1 aromatic heterocycles. The summed E-state index contributed by atoms with van der Waals surface area (Å²) in [5.41, 5.74) is 3.23. The van der Waals surface area contributed by atoms with Crippen LogP contribution in [-0.4, -0.2) is 64.8 Å². The zero-order valence-electron chi connectivity index (χ0n) is 17.6. The molecule has 0 saturated carbocycles. The van der Waals surface area contributed by atoms with Gasteiger partial charge in [-0.15, -0.1) is 0 Å². The Morgan fingerprint density at radius 1 is 1.03 bits per heavy atom. The van der Waals surface area contributed by atoms with Gasteiger partial charge in [-0.2, -0.15) is 0 Å². The van der Waals surface area contributed by atoms with Gasteiger partial charge in [-0.1, -0.05) is 17.7 Å². The van der Waals surface area contributed by atoms with Crippen molar-refractivity contribution in [2.24, 2.45) is 0 Å². The van der Waals surface area contributed by atoms with Gasteiger partial charge in [0.15, 0.2) is 0 Å². The molecule has 8 heteroatoms. The second-order valence-electron chi connectivity index (χ2n) is 7.49. The molecule has 3 rings (SSSR count). The van der Waals surface area contributed by atoms with Crippen molar-refractivity contribution in [3.63, 3.8) is 0 Å². The molecule has 0 aliphatic carbocycles. The molecule has 1 N–H and O–H groups in total. The summed E-state index contributed by atoms with van der Waals surface area (Å²) in [7, 11) is 0. The van der Waals surface area contributed by atoms with Gasteiger partial charge >= 0.3 is 0 Å². The Hall–Kier alpha value is -2.80. The molecule has 1 aromatic carbocycles. The highest BCUT2D eigenvalue weighted by atomic mass is 35.5. The number of benzene rings is 1. The Morgan fingerprint density at radius 2 is 1.70 bits per heavy atom. The molecule has 3 amide bonds. The van der Waals surface area contributed by atoms with Gasteiger partial charge in [0.05, 0.1) is 5.56 Å². The molecule has 1 aliphatic heterocycles. The van der Waals surface area contributed by atoms with Crippen LogP contribution in [0, 0.1) is 13.8 Å². The van der Waals surface area contributed by atoms with Gasteiger partial charge in [0.2, 0.25) is 11.8 Å². The predicted octanol–water partition coefficient (Wildman–Crippen LogP) is 2.56. The van der Waals surface area contributed by atoms with E-state index in [9.17, 15) is 14.4 Å². The van der Waals surface area contributed by atoms with Crippen LogP contribution in [0.4, 0.5) is 0 Å². The molecule has 2 aromatic rings. The van der Waals surface area contributed by atoms with Crippen molar-refractivity contribution in [2.45, 2.75) is 27.2 Å². The Kier molecular flexibility index (Phi) is 6.82. The summed E-state index contributed by atoms with van der Waals surface area (Å²) in [6.45, 7) is 7.82. The molecule has 1 fully saturated rings. The van der Waals surface area contributed by atoms with E-state index in [2.05, 4.69) is 5.32 Å². The van der Waals surface area contributed by atoms with Crippen molar-refractivity contribution < 1.29 is 14.4 Å². The van der Waals surface area contributed by atoms with E-state index in [1.165, 1.54) is 6.92 Å². The van der Waals surface area contributed by atoms with Crippen LogP contribution in [0.5, 0.6) is 0 Å². The quantitative estimate of drug-likeness (QED) is 0.792. The van der Waals surface area contributed by atoms with Crippen LogP contribution < -0.4 is 5.32 Å². The van der Waals surface area contributed by atoms with Gasteiger partial charge in [0.25, 0.3) is 5.91 Å². The Morgan fingerprint density at radius 3 is 2.33 bits per heavy atom. The molecule has 0 radical (unpaired) electrons. The lowest BCUT2D eigenvalue weighted by molar-refractivity contribution is -0.138. The predicted molar refractivity (Wildman–Crippen MR) is 116 cm³/mol. The average molecular weight is 431 g/mol. The maximum absolute atomic E-state index is 12.7. The lowest BCUT2D eigenvalue weighted by Crippen LogP contribution is -2.50. The highest BCUT2D eigenvalue weighted by Gasteiger charge is 2.22. The number of halogens is 1. The fourth-order valence-electron chi connectivity index (χ4n) is 3.81. The van der Waals surface area contributed by atoms with E-state index in [1.807, 2.05) is 48.7 Å². The van der Waals surface area contributed by atoms with E-state index in [1.54, 1.807) is 9.80 Å². The third-order valence-corrected chi connectivity index (χ3v) is 5.68. The maximum atomic E-state index is 12.7. The molecule has 0 atom stereocenters. The number of nitrogens with one attached hydrogen (secondary N) is 1. The lowest BCUT2D eigenvalue weighted by atomic mass is 10.2. The number of hydrogen-bond donors (Lipinski definition) is 1. The minimum atomic E-state index is -0.203. The monoisotopic (exact) mass is 430 g/mol. The molecule has 1 aliphatic rings. The molecular formula is C22H27ClN4O3. The largest absolute Gasteiger partial charge is 0.351 e. The number of carbonyl (C=O) groups excluding carboxylic acids is 3. The molecule has 7 nitrogen and oxygen atoms in total. The molecule has 0 spiro atoms. The first-order valence-electron chi connectivity index (χ1n) is 10.0.